The van der Waals surface area contributed by atoms with Gasteiger partial charge in [-0.2, -0.15) is 26.3 Å². The Hall–Kier alpha value is -8.12. The van der Waals surface area contributed by atoms with Gasteiger partial charge < -0.3 is 71.9 Å². The molecular weight excluding hydrogens is 2140 g/mol. The molecular formula is C100H108Br3Cl5F6N4O17Si3. The minimum Gasteiger partial charge on any atom is -0.490 e. The minimum absolute atomic E-state index is 0.0195. The van der Waals surface area contributed by atoms with Gasteiger partial charge in [-0.1, -0.05) is 204 Å². The van der Waals surface area contributed by atoms with Gasteiger partial charge in [-0.05, 0) is 249 Å². The number of carbonyl (C=O) groups is 4. The normalized spacial score (nSPS) is 19.4. The lowest BCUT2D eigenvalue weighted by Crippen LogP contribution is -2.59. The van der Waals surface area contributed by atoms with E-state index in [0.29, 0.717) is 67.8 Å². The first kappa shape index (κ1) is 110. The van der Waals surface area contributed by atoms with Gasteiger partial charge in [0.2, 0.25) is 0 Å². The number of halogens is 14. The summed E-state index contributed by atoms with van der Waals surface area (Å²) in [7, 11) is -5.38. The fourth-order valence-corrected chi connectivity index (χ4v) is 20.5. The molecule has 138 heavy (non-hydrogen) atoms. The fraction of sp³-hybridized carbons (Fsp3) is 0.360. The van der Waals surface area contributed by atoms with E-state index < -0.39 is 97.6 Å². The van der Waals surface area contributed by atoms with Gasteiger partial charge >= 0.3 is 30.1 Å². The zero-order chi connectivity index (χ0) is 100. The molecule has 2 amide bonds. The topological polar surface area (TPSA) is 245 Å². The number of aliphatic hydroxyl groups excluding tert-OH is 4. The summed E-state index contributed by atoms with van der Waals surface area (Å²) in [5.74, 6) is -1.65. The first-order valence-electron chi connectivity index (χ1n) is 44.2. The summed E-state index contributed by atoms with van der Waals surface area (Å²) < 4.78 is 130. The third kappa shape index (κ3) is 31.4. The van der Waals surface area contributed by atoms with Crippen molar-refractivity contribution in [3.8, 4) is 23.0 Å². The molecule has 2 saturated heterocycles. The predicted molar refractivity (Wildman–Crippen MR) is 545 cm³/mol. The molecule has 4 N–H and O–H groups in total. The van der Waals surface area contributed by atoms with Crippen LogP contribution in [0.5, 0.6) is 23.0 Å². The van der Waals surface area contributed by atoms with Crippen LogP contribution >= 0.6 is 106 Å². The second-order valence-electron chi connectivity index (χ2n) is 36.1. The maximum absolute atomic E-state index is 12.8. The molecule has 2 fully saturated rings. The number of ether oxygens (including phenoxy) is 6. The highest BCUT2D eigenvalue weighted by Crippen LogP contribution is 2.43. The van der Waals surface area contributed by atoms with E-state index in [1.165, 1.54) is 34.9 Å². The highest BCUT2D eigenvalue weighted by atomic mass is 79.9. The van der Waals surface area contributed by atoms with Crippen LogP contribution in [0, 0.1) is 5.92 Å². The van der Waals surface area contributed by atoms with Crippen LogP contribution in [0.3, 0.4) is 0 Å². The van der Waals surface area contributed by atoms with Crippen molar-refractivity contribution < 1.29 is 108 Å². The van der Waals surface area contributed by atoms with Crippen LogP contribution in [0.2, 0.25) is 79.0 Å². The van der Waals surface area contributed by atoms with E-state index in [4.69, 9.17) is 99.7 Å². The van der Waals surface area contributed by atoms with E-state index in [1.807, 2.05) is 54.6 Å². The average molecular weight is 2250 g/mol. The Labute approximate surface area is 852 Å². The molecule has 0 radical (unpaired) electrons. The number of amides is 2. The van der Waals surface area contributed by atoms with Gasteiger partial charge in [0.05, 0.1) is 78.8 Å². The van der Waals surface area contributed by atoms with Crippen LogP contribution in [-0.4, -0.2) is 189 Å². The van der Waals surface area contributed by atoms with E-state index in [2.05, 4.69) is 196 Å². The molecule has 0 aromatic heterocycles. The molecule has 38 heteroatoms. The number of para-hydroxylation sites is 2. The molecule has 0 saturated carbocycles. The summed E-state index contributed by atoms with van der Waals surface area (Å²) in [6.07, 6.45) is -15.2. The summed E-state index contributed by atoms with van der Waals surface area (Å²) in [5, 5.41) is 42.1. The Balaban J connectivity index is 0.000000164. The van der Waals surface area contributed by atoms with E-state index in [1.54, 1.807) is 66.7 Å². The van der Waals surface area contributed by atoms with E-state index in [-0.39, 0.29) is 67.5 Å². The Morgan fingerprint density at radius 3 is 1.30 bits per heavy atom. The molecule has 6 aliphatic rings. The maximum atomic E-state index is 12.8. The first-order chi connectivity index (χ1) is 65.1. The van der Waals surface area contributed by atoms with Crippen molar-refractivity contribution in [2.24, 2.45) is 5.92 Å². The number of anilines is 4. The number of aliphatic hydroxyl groups is 4. The molecule has 16 rings (SSSR count). The van der Waals surface area contributed by atoms with Crippen molar-refractivity contribution in [2.45, 2.75) is 159 Å². The summed E-state index contributed by atoms with van der Waals surface area (Å²) in [5.41, 5.74) is 11.7. The number of hydrogen-bond acceptors (Lipinski definition) is 19. The molecule has 9 atom stereocenters. The van der Waals surface area contributed by atoms with E-state index >= 15 is 0 Å². The number of cyclic esters (lactones) is 1. The zero-order valence-electron chi connectivity index (χ0n) is 77.2. The molecule has 10 aromatic carbocycles. The highest BCUT2D eigenvalue weighted by Gasteiger charge is 2.50. The largest absolute Gasteiger partial charge is 0.490 e. The monoisotopic (exact) mass is 2250 g/mol. The summed E-state index contributed by atoms with van der Waals surface area (Å²) in [4.78, 5) is 52.2. The lowest BCUT2D eigenvalue weighted by Gasteiger charge is -2.44. The van der Waals surface area contributed by atoms with Gasteiger partial charge in [-0.25, -0.2) is 4.79 Å². The van der Waals surface area contributed by atoms with Crippen LogP contribution in [0.15, 0.2) is 226 Å². The predicted octanol–water partition coefficient (Wildman–Crippen LogP) is 23.2. The minimum atomic E-state index is -4.93. The number of fused-ring (bicyclic) bond motifs is 4. The number of nitrogens with zero attached hydrogens (tertiary/aromatic N) is 4. The number of hydrogen-bond donors (Lipinski definition) is 4. The number of benzene rings is 10. The molecule has 0 aliphatic carbocycles. The van der Waals surface area contributed by atoms with Gasteiger partial charge in [0.1, 0.15) is 86.0 Å². The third-order valence-corrected chi connectivity index (χ3v) is 28.3. The van der Waals surface area contributed by atoms with E-state index in [0.717, 1.165) is 108 Å². The molecule has 0 spiro atoms. The van der Waals surface area contributed by atoms with Gasteiger partial charge in [-0.3, -0.25) is 24.2 Å². The highest BCUT2D eigenvalue weighted by molar-refractivity contribution is 9.11. The Kier molecular flexibility index (Phi) is 39.3. The van der Waals surface area contributed by atoms with Crippen molar-refractivity contribution in [3.05, 3.63) is 301 Å². The summed E-state index contributed by atoms with van der Waals surface area (Å²) >= 11 is 40.1. The second kappa shape index (κ2) is 49.2. The summed E-state index contributed by atoms with van der Waals surface area (Å²) in [6, 6.07) is 66.0. The lowest BCUT2D eigenvalue weighted by atomic mass is 9.90. The quantitative estimate of drug-likeness (QED) is 0.0240. The zero-order valence-corrected chi connectivity index (χ0v) is 88.7. The van der Waals surface area contributed by atoms with Crippen LogP contribution < -0.4 is 38.5 Å². The number of rotatable bonds is 20. The van der Waals surface area contributed by atoms with Crippen molar-refractivity contribution in [1.82, 2.24) is 0 Å². The Morgan fingerprint density at radius 1 is 0.449 bits per heavy atom. The van der Waals surface area contributed by atoms with Gasteiger partial charge in [0.15, 0.2) is 31.1 Å². The molecule has 740 valence electrons. The van der Waals surface area contributed by atoms with Crippen LogP contribution in [0.1, 0.15) is 73.5 Å². The number of carbonyl (C=O) groups excluding carboxylic acids is 4. The number of alkyl halides is 6. The van der Waals surface area contributed by atoms with Gasteiger partial charge in [0, 0.05) is 47.5 Å². The van der Waals surface area contributed by atoms with Crippen molar-refractivity contribution in [2.75, 3.05) is 85.4 Å². The van der Waals surface area contributed by atoms with Crippen molar-refractivity contribution in [3.63, 3.8) is 0 Å². The van der Waals surface area contributed by atoms with Crippen molar-refractivity contribution in [1.29, 1.82) is 0 Å². The third-order valence-electron chi connectivity index (χ3n) is 22.2. The Morgan fingerprint density at radius 2 is 0.855 bits per heavy atom. The first-order valence-corrected chi connectivity index (χ1v) is 58.7. The average Bonchev–Trinajstić information content (AvgIpc) is 0.958. The standard InChI is InChI=1S/C28H30ClNO6.C22H19BrClNO.C17H12BrClF3NO2.C16H36O5Si3.C10H8F3NO2.C7H3BrCl2O/c29-21-8-7-19(28-27(34)26(33)25(32)24(16-31)36-28)14-20(21)12-18-6-9-23-22(13-18)30(10-11-35-23)15-17-4-2-1-3-5-17;23-19-7-8-20(24)18(14-19)12-17-6-9-22-21(13-17)25(10-11-26-22)15-16-4-2-1-3-5-16;18-12-2-3-13(19)11(9-12)7-10-1-4-15-14(8-10)23(5-6-25-15)16(24)17(20,21)22;1-12-13(11-18-22(2,3)4)19-16(17)15(21-24(8,9)10)14(12)20-23(5,6)7;11-10(12,13)9(15)14-5-6-16-8-4-2-1-3-7(8)14;8-4-1-2-6(9)5(3-4)7(10)11/h1-9,13-14,24-28,31-34H,10-12,15-16H2;1-9,13-14H,10-12,15H2;1-4,8-9H,5-7H2;12-15H,11H2,1-10H3;1-4H,5-6H2;1-3H/t24-,25-,26+,27-,28+;;;12-,13-,14+,15-;;/m1..1../s1. The van der Waals surface area contributed by atoms with Crippen LogP contribution in [-0.2, 0) is 69.5 Å². The SMILES string of the molecule is C[C@H]1[C@H](O[Si](C)(C)C)[C@@H](O[Si](C)(C)C)C(=O)O[C@@H]1CO[Si](C)(C)C.Clc1ccc(Br)cc1Cc1ccc2c(c1)N(Cc1ccccc1)CCO2.O=C(Cl)c1cc(Br)ccc1Cl.O=C(N1CCOc2ccc(Cc3cc(Br)ccc3Cl)cc21)C(F)(F)F.O=C(N1CCOc2ccccc21)C(F)(F)F.OC[C@H]1O[C@@H](c2ccc(Cl)c(Cc3ccc4c(c3)N(Cc3ccccc3)CCO4)c2)[C@H](O)[C@@H](O)[C@@H]1O. The van der Waals surface area contributed by atoms with E-state index in [9.17, 15) is 65.9 Å². The molecule has 10 aromatic rings. The van der Waals surface area contributed by atoms with Crippen molar-refractivity contribution >= 4 is 177 Å². The fourth-order valence-electron chi connectivity index (χ4n) is 15.5. The molecule has 6 heterocycles. The molecule has 6 aliphatic heterocycles. The van der Waals surface area contributed by atoms with Gasteiger partial charge in [-0.15, -0.1) is 0 Å². The van der Waals surface area contributed by atoms with Crippen LogP contribution in [0.25, 0.3) is 0 Å². The van der Waals surface area contributed by atoms with Gasteiger partial charge in [0.25, 0.3) is 5.24 Å². The second-order valence-corrected chi connectivity index (χ2v) is 54.2. The smallest absolute Gasteiger partial charge is 0.471 e. The number of esters is 1. The maximum Gasteiger partial charge on any atom is 0.471 e. The molecule has 21 nitrogen and oxygen atoms in total. The molecule has 0 unspecified atom stereocenters. The lowest BCUT2D eigenvalue weighted by molar-refractivity contribution is -0.231. The summed E-state index contributed by atoms with van der Waals surface area (Å²) in [6.45, 7) is 25.7. The molecule has 0 bridgehead atoms. The Bertz CT molecular complexity index is 5840. The van der Waals surface area contributed by atoms with Crippen LogP contribution in [0.4, 0.5) is 49.1 Å².